The van der Waals surface area contributed by atoms with Gasteiger partial charge < -0.3 is 0 Å². The average molecular weight is 336 g/mol. The molecule has 0 aliphatic rings. The Morgan fingerprint density at radius 3 is 2.81 bits per heavy atom. The number of primary sulfonamides is 1. The lowest BCUT2D eigenvalue weighted by Crippen LogP contribution is -2.11. The van der Waals surface area contributed by atoms with Crippen molar-refractivity contribution >= 4 is 43.2 Å². The molecular formula is C14H12N2O2S3. The van der Waals surface area contributed by atoms with Gasteiger partial charge in [-0.1, -0.05) is 12.1 Å². The topological polar surface area (TPSA) is 73.1 Å². The molecule has 2 aromatic heterocycles. The average Bonchev–Trinajstić information content (AvgIpc) is 2.87. The second kappa shape index (κ2) is 5.42. The molecule has 3 aromatic rings. The predicted octanol–water partition coefficient (Wildman–Crippen LogP) is 3.33. The minimum Gasteiger partial charge on any atom is -0.264 e. The zero-order chi connectivity index (χ0) is 15.0. The van der Waals surface area contributed by atoms with Gasteiger partial charge in [-0.15, -0.1) is 23.1 Å². The van der Waals surface area contributed by atoms with Crippen LogP contribution in [-0.4, -0.2) is 19.7 Å². The third kappa shape index (κ3) is 2.69. The molecule has 0 bridgehead atoms. The number of fused-ring (bicyclic) bond motifs is 1. The minimum absolute atomic E-state index is 0.184. The van der Waals surface area contributed by atoms with Crippen LogP contribution in [0, 0.1) is 0 Å². The van der Waals surface area contributed by atoms with Gasteiger partial charge in [-0.2, -0.15) is 0 Å². The lowest BCUT2D eigenvalue weighted by molar-refractivity contribution is 0.600. The molecular weight excluding hydrogens is 324 g/mol. The van der Waals surface area contributed by atoms with E-state index in [2.05, 4.69) is 4.98 Å². The Bertz CT molecular complexity index is 917. The van der Waals surface area contributed by atoms with Crippen molar-refractivity contribution in [2.45, 2.75) is 9.10 Å². The SMILES string of the molecule is CSc1cccc(-c2c(S(N)(=O)=O)sc3ccncc23)c1. The van der Waals surface area contributed by atoms with Crippen LogP contribution < -0.4 is 5.14 Å². The Labute approximate surface area is 131 Å². The monoisotopic (exact) mass is 336 g/mol. The van der Waals surface area contributed by atoms with E-state index in [1.165, 1.54) is 11.3 Å². The molecule has 0 aliphatic heterocycles. The molecule has 0 saturated carbocycles. The lowest BCUT2D eigenvalue weighted by atomic mass is 10.1. The van der Waals surface area contributed by atoms with E-state index in [1.807, 2.05) is 30.5 Å². The van der Waals surface area contributed by atoms with Gasteiger partial charge in [-0.05, 0) is 30.0 Å². The minimum atomic E-state index is -3.78. The maximum absolute atomic E-state index is 11.9. The zero-order valence-electron chi connectivity index (χ0n) is 11.1. The molecule has 108 valence electrons. The number of nitrogens with zero attached hydrogens (tertiary/aromatic N) is 1. The second-order valence-corrected chi connectivity index (χ2v) is 8.10. The molecule has 3 rings (SSSR count). The van der Waals surface area contributed by atoms with E-state index in [9.17, 15) is 8.42 Å². The van der Waals surface area contributed by atoms with E-state index in [-0.39, 0.29) is 4.21 Å². The van der Waals surface area contributed by atoms with Gasteiger partial charge >= 0.3 is 0 Å². The summed E-state index contributed by atoms with van der Waals surface area (Å²) in [6.07, 6.45) is 5.31. The van der Waals surface area contributed by atoms with Crippen LogP contribution in [-0.2, 0) is 10.0 Å². The first-order valence-corrected chi connectivity index (χ1v) is 9.63. The summed E-state index contributed by atoms with van der Waals surface area (Å²) in [5.41, 5.74) is 1.48. The molecule has 21 heavy (non-hydrogen) atoms. The molecule has 1 aromatic carbocycles. The highest BCUT2D eigenvalue weighted by molar-refractivity contribution is 7.98. The van der Waals surface area contributed by atoms with E-state index in [1.54, 1.807) is 30.2 Å². The largest absolute Gasteiger partial charge is 0.264 e. The first-order chi connectivity index (χ1) is 10.0. The second-order valence-electron chi connectivity index (χ2n) is 4.41. The molecule has 0 aliphatic carbocycles. The summed E-state index contributed by atoms with van der Waals surface area (Å²) in [5, 5.41) is 6.20. The predicted molar refractivity (Wildman–Crippen MR) is 88.2 cm³/mol. The van der Waals surface area contributed by atoms with Crippen LogP contribution in [0.3, 0.4) is 0 Å². The zero-order valence-corrected chi connectivity index (χ0v) is 13.6. The summed E-state index contributed by atoms with van der Waals surface area (Å²) < 4.78 is 24.9. The molecule has 0 atom stereocenters. The molecule has 0 fully saturated rings. The quantitative estimate of drug-likeness (QED) is 0.745. The van der Waals surface area contributed by atoms with Crippen LogP contribution in [0.2, 0.25) is 0 Å². The summed E-state index contributed by atoms with van der Waals surface area (Å²) in [6.45, 7) is 0. The highest BCUT2D eigenvalue weighted by Crippen LogP contribution is 2.41. The number of nitrogens with two attached hydrogens (primary N) is 1. The van der Waals surface area contributed by atoms with Crippen molar-refractivity contribution in [3.63, 3.8) is 0 Å². The molecule has 0 unspecified atom stereocenters. The number of aromatic nitrogens is 1. The molecule has 0 saturated heterocycles. The molecule has 0 radical (unpaired) electrons. The van der Waals surface area contributed by atoms with Gasteiger partial charge in [-0.25, -0.2) is 13.6 Å². The maximum Gasteiger partial charge on any atom is 0.248 e. The lowest BCUT2D eigenvalue weighted by Gasteiger charge is -2.05. The highest BCUT2D eigenvalue weighted by atomic mass is 32.2. The van der Waals surface area contributed by atoms with Crippen LogP contribution >= 0.6 is 23.1 Å². The van der Waals surface area contributed by atoms with Crippen molar-refractivity contribution in [1.82, 2.24) is 4.98 Å². The number of sulfonamides is 1. The van der Waals surface area contributed by atoms with Crippen molar-refractivity contribution in [3.8, 4) is 11.1 Å². The number of rotatable bonds is 3. The molecule has 0 spiro atoms. The Hall–Kier alpha value is -1.41. The Balaban J connectivity index is 2.39. The van der Waals surface area contributed by atoms with E-state index < -0.39 is 10.0 Å². The van der Waals surface area contributed by atoms with Gasteiger partial charge in [0.05, 0.1) is 0 Å². The van der Waals surface area contributed by atoms with E-state index in [0.717, 1.165) is 20.5 Å². The van der Waals surface area contributed by atoms with Crippen LogP contribution in [0.1, 0.15) is 0 Å². The van der Waals surface area contributed by atoms with Gasteiger partial charge in [0, 0.05) is 32.9 Å². The molecule has 2 N–H and O–H groups in total. The van der Waals surface area contributed by atoms with Crippen molar-refractivity contribution in [3.05, 3.63) is 42.7 Å². The maximum atomic E-state index is 11.9. The standard InChI is InChI=1S/C14H12N2O2S3/c1-19-10-4-2-3-9(7-10)13-11-8-16-6-5-12(11)20-14(13)21(15,17)18/h2-8H,1H3,(H2,15,17,18). The molecule has 7 heteroatoms. The third-order valence-electron chi connectivity index (χ3n) is 3.07. The van der Waals surface area contributed by atoms with Crippen molar-refractivity contribution in [2.24, 2.45) is 5.14 Å². The van der Waals surface area contributed by atoms with Crippen molar-refractivity contribution in [1.29, 1.82) is 0 Å². The Kier molecular flexibility index (Phi) is 3.75. The summed E-state index contributed by atoms with van der Waals surface area (Å²) in [4.78, 5) is 5.17. The van der Waals surface area contributed by atoms with Gasteiger partial charge in [0.15, 0.2) is 0 Å². The number of thiophene rings is 1. The molecule has 2 heterocycles. The number of benzene rings is 1. The van der Waals surface area contributed by atoms with Crippen LogP contribution in [0.4, 0.5) is 0 Å². The van der Waals surface area contributed by atoms with Gasteiger partial charge in [-0.3, -0.25) is 4.98 Å². The smallest absolute Gasteiger partial charge is 0.248 e. The first-order valence-electron chi connectivity index (χ1n) is 6.04. The molecule has 4 nitrogen and oxygen atoms in total. The molecule has 0 amide bonds. The summed E-state index contributed by atoms with van der Waals surface area (Å²) in [6, 6.07) is 9.55. The summed E-state index contributed by atoms with van der Waals surface area (Å²) >= 11 is 2.79. The fourth-order valence-electron chi connectivity index (χ4n) is 2.17. The Morgan fingerprint density at radius 1 is 1.29 bits per heavy atom. The normalized spacial score (nSPS) is 11.9. The van der Waals surface area contributed by atoms with Crippen molar-refractivity contribution < 1.29 is 8.42 Å². The van der Waals surface area contributed by atoms with Crippen LogP contribution in [0.5, 0.6) is 0 Å². The van der Waals surface area contributed by atoms with E-state index in [4.69, 9.17) is 5.14 Å². The van der Waals surface area contributed by atoms with Gasteiger partial charge in [0.25, 0.3) is 0 Å². The van der Waals surface area contributed by atoms with Crippen LogP contribution in [0.15, 0.2) is 51.8 Å². The number of pyridine rings is 1. The Morgan fingerprint density at radius 2 is 2.10 bits per heavy atom. The fraction of sp³-hybridized carbons (Fsp3) is 0.0714. The van der Waals surface area contributed by atoms with E-state index in [0.29, 0.717) is 5.56 Å². The third-order valence-corrected chi connectivity index (χ3v) is 6.43. The number of hydrogen-bond donors (Lipinski definition) is 1. The van der Waals surface area contributed by atoms with Gasteiger partial charge in [0.1, 0.15) is 4.21 Å². The first kappa shape index (κ1) is 14.5. The van der Waals surface area contributed by atoms with E-state index >= 15 is 0 Å². The van der Waals surface area contributed by atoms with Crippen LogP contribution in [0.25, 0.3) is 21.2 Å². The van der Waals surface area contributed by atoms with Crippen molar-refractivity contribution in [2.75, 3.05) is 6.26 Å². The van der Waals surface area contributed by atoms with Gasteiger partial charge in [0.2, 0.25) is 10.0 Å². The summed E-state index contributed by atoms with van der Waals surface area (Å²) in [7, 11) is -3.78. The highest BCUT2D eigenvalue weighted by Gasteiger charge is 2.22. The summed E-state index contributed by atoms with van der Waals surface area (Å²) in [5.74, 6) is 0. The fourth-order valence-corrected chi connectivity index (χ4v) is 4.80. The number of thioether (sulfide) groups is 1. The number of hydrogen-bond acceptors (Lipinski definition) is 5.